The first kappa shape index (κ1) is 41.2. The minimum Gasteiger partial charge on any atom is -0.505 e. The average Bonchev–Trinajstić information content (AvgIpc) is 3.22. The lowest BCUT2D eigenvalue weighted by molar-refractivity contribution is -0.603. The van der Waals surface area contributed by atoms with E-state index >= 15 is 0 Å². The van der Waals surface area contributed by atoms with Crippen LogP contribution in [0, 0.1) is 0 Å². The van der Waals surface area contributed by atoms with E-state index in [0.29, 0.717) is 17.1 Å². The van der Waals surface area contributed by atoms with Gasteiger partial charge in [-0.3, -0.25) is 19.1 Å². The number of anilines is 1. The second-order valence-corrected chi connectivity index (χ2v) is 15.4. The molecule has 0 bridgehead atoms. The Morgan fingerprint density at radius 1 is 0.689 bits per heavy atom. The molecule has 0 radical (unpaired) electrons. The van der Waals surface area contributed by atoms with Crippen LogP contribution in [0.15, 0.2) is 169 Å². The molecule has 23 heteroatoms. The molecule has 3 aromatic rings. The van der Waals surface area contributed by atoms with Crippen LogP contribution in [0.25, 0.3) is 5.95 Å². The number of aliphatic hydroxyl groups excluding tert-OH is 1. The van der Waals surface area contributed by atoms with E-state index in [1.807, 2.05) is 0 Å². The molecule has 0 fully saturated rings. The monoisotopic (exact) mass is 863 g/mol. The largest absolute Gasteiger partial charge is 0.505 e. The Morgan fingerprint density at radius 2 is 1.30 bits per heavy atom. The number of pyridine rings is 1. The van der Waals surface area contributed by atoms with Crippen molar-refractivity contribution in [2.45, 2.75) is 0 Å². The molecule has 0 amide bonds. The number of aromatic nitrogens is 4. The first-order chi connectivity index (χ1) is 29.0. The van der Waals surface area contributed by atoms with Crippen molar-refractivity contribution in [2.24, 2.45) is 25.3 Å². The first-order valence-electron chi connectivity index (χ1n) is 17.1. The molecule has 4 aliphatic rings. The van der Waals surface area contributed by atoms with Gasteiger partial charge in [-0.05, 0) is 113 Å². The molecular formula is C38H27N10O11S2+. The van der Waals surface area contributed by atoms with Gasteiger partial charge in [0.05, 0.1) is 56.9 Å². The number of nitrogens with one attached hydrogen (secondary N) is 1. The number of rotatable bonds is 9. The van der Waals surface area contributed by atoms with Crippen LogP contribution in [-0.2, 0) is 20.2 Å². The minimum absolute atomic E-state index is 0.0209. The third kappa shape index (κ3) is 9.68. The number of aliphatic imine (C=N–C) groups is 2. The molecule has 2 aromatic heterocycles. The summed E-state index contributed by atoms with van der Waals surface area (Å²) in [4.78, 5) is 44.4. The molecule has 0 spiro atoms. The number of para-hydroxylation sites is 1. The Morgan fingerprint density at radius 3 is 1.92 bits per heavy atom. The van der Waals surface area contributed by atoms with Gasteiger partial charge in [0.15, 0.2) is 5.76 Å². The van der Waals surface area contributed by atoms with Crippen molar-refractivity contribution in [1.82, 2.24) is 15.0 Å². The molecule has 0 unspecified atom stereocenters. The van der Waals surface area contributed by atoms with E-state index in [9.17, 15) is 51.2 Å². The summed E-state index contributed by atoms with van der Waals surface area (Å²) in [6.45, 7) is 0. The normalized spacial score (nSPS) is 17.4. The summed E-state index contributed by atoms with van der Waals surface area (Å²) in [5.41, 5.74) is 2.92. The van der Waals surface area contributed by atoms with Crippen molar-refractivity contribution in [2.75, 3.05) is 5.43 Å². The van der Waals surface area contributed by atoms with Crippen molar-refractivity contribution < 1.29 is 55.8 Å². The summed E-state index contributed by atoms with van der Waals surface area (Å²) in [6.07, 6.45) is 19.6. The summed E-state index contributed by atoms with van der Waals surface area (Å²) in [5, 5.41) is 42.4. The Labute approximate surface area is 344 Å². The fourth-order valence-electron chi connectivity index (χ4n) is 5.51. The number of carboxylic acid groups (broad SMARTS) is 2. The number of carbonyl (C=O) groups is 2. The molecule has 306 valence electrons. The zero-order valence-corrected chi connectivity index (χ0v) is 32.2. The van der Waals surface area contributed by atoms with E-state index in [-0.39, 0.29) is 56.4 Å². The maximum atomic E-state index is 12.5. The molecule has 0 atom stereocenters. The molecule has 4 aliphatic carbocycles. The van der Waals surface area contributed by atoms with Gasteiger partial charge in [0, 0.05) is 5.57 Å². The maximum Gasteiger partial charge on any atom is 0.444 e. The van der Waals surface area contributed by atoms with Gasteiger partial charge in [-0.2, -0.15) is 33.7 Å². The molecule has 0 aliphatic heterocycles. The number of aromatic carboxylic acids is 2. The number of hydrazone groups is 1. The van der Waals surface area contributed by atoms with Gasteiger partial charge in [-0.15, -0.1) is 4.98 Å². The van der Waals surface area contributed by atoms with E-state index in [4.69, 9.17) is 0 Å². The first-order valence-corrected chi connectivity index (χ1v) is 20.0. The van der Waals surface area contributed by atoms with Crippen LogP contribution in [0.4, 0.5) is 17.6 Å². The fraction of sp³-hybridized carbons (Fsp3) is 0. The second kappa shape index (κ2) is 16.7. The summed E-state index contributed by atoms with van der Waals surface area (Å²) in [6, 6.07) is 8.46. The van der Waals surface area contributed by atoms with Crippen molar-refractivity contribution in [3.8, 4) is 5.95 Å². The van der Waals surface area contributed by atoms with Gasteiger partial charge in [-0.1, -0.05) is 12.1 Å². The number of fused-ring (bicyclic) bond motifs is 1. The van der Waals surface area contributed by atoms with Gasteiger partial charge in [-0.25, -0.2) is 18.4 Å². The van der Waals surface area contributed by atoms with E-state index in [1.54, 1.807) is 24.3 Å². The molecular weight excluding hydrogens is 837 g/mol. The van der Waals surface area contributed by atoms with E-state index in [2.05, 4.69) is 45.7 Å². The molecule has 21 nitrogen and oxygen atoms in total. The standard InChI is InChI=1S/C38H26N10O11S2/c49-33-28-16-13-26(18-22(28)19-31(61(57,58)59)32(33)47-46-30-6-2-1-5-29(30)35(52)53)40-37-41-36(42-38(43-37)48-17-3-4-21(20-48)34(50)51)39-23-7-9-24(10-8-23)44-45-25-11-14-27(15-12-25)60(54,55)56/h1-20H,(H6-,39,40,41,42,43,45,46,49,50,51,52,53,54,55,56,57,58,59)/p+1. The summed E-state index contributed by atoms with van der Waals surface area (Å²) >= 11 is 0. The van der Waals surface area contributed by atoms with E-state index < -0.39 is 48.5 Å². The molecule has 1 aromatic carbocycles. The third-order valence-corrected chi connectivity index (χ3v) is 10.1. The van der Waals surface area contributed by atoms with Crippen LogP contribution in [0.3, 0.4) is 0 Å². The van der Waals surface area contributed by atoms with Crippen LogP contribution < -0.4 is 9.99 Å². The van der Waals surface area contributed by atoms with Crippen LogP contribution >= 0.6 is 0 Å². The molecule has 7 rings (SSSR count). The summed E-state index contributed by atoms with van der Waals surface area (Å²) in [5.74, 6) is -3.65. The number of nitrogens with zero attached hydrogens (tertiary/aromatic N) is 9. The summed E-state index contributed by atoms with van der Waals surface area (Å²) < 4.78 is 66.4. The fourth-order valence-corrected chi connectivity index (χ4v) is 6.67. The second-order valence-electron chi connectivity index (χ2n) is 12.5. The van der Waals surface area contributed by atoms with E-state index in [0.717, 1.165) is 6.08 Å². The average molecular weight is 864 g/mol. The highest BCUT2D eigenvalue weighted by Gasteiger charge is 2.32. The Balaban J connectivity index is 1.22. The zero-order chi connectivity index (χ0) is 43.5. The van der Waals surface area contributed by atoms with Crippen molar-refractivity contribution in [3.05, 3.63) is 155 Å². The molecule has 0 saturated heterocycles. The molecule has 61 heavy (non-hydrogen) atoms. The predicted molar refractivity (Wildman–Crippen MR) is 223 cm³/mol. The smallest absolute Gasteiger partial charge is 0.444 e. The number of hydrogen-bond acceptors (Lipinski definition) is 15. The molecule has 7 N–H and O–H groups in total. The molecule has 2 heterocycles. The van der Waals surface area contributed by atoms with Gasteiger partial charge < -0.3 is 15.3 Å². The Kier molecular flexibility index (Phi) is 11.3. The SMILES string of the molecule is O=C(O)c1ccc[n+](-c2nc(N=C3C=CC(=NN=C4C=CC(=S(=O)(O)O)C=C4)C=C3)nc(N=C3C=CC4=C(O)C(=NNc5ccccc5C(=O)O)C(S(=O)(=O)O)=CC4=C3)n2)c1. The third-order valence-electron chi connectivity index (χ3n) is 8.37. The predicted octanol–water partition coefficient (Wildman–Crippen LogP) is 3.70. The zero-order valence-electron chi connectivity index (χ0n) is 30.6. The van der Waals surface area contributed by atoms with Crippen LogP contribution in [0.2, 0.25) is 0 Å². The Hall–Kier alpha value is -7.96. The van der Waals surface area contributed by atoms with E-state index in [1.165, 1.54) is 95.9 Å². The van der Waals surface area contributed by atoms with Gasteiger partial charge >= 0.3 is 29.8 Å². The van der Waals surface area contributed by atoms with Crippen molar-refractivity contribution in [3.63, 3.8) is 0 Å². The van der Waals surface area contributed by atoms with Crippen LogP contribution in [0.5, 0.6) is 0 Å². The highest BCUT2D eigenvalue weighted by Crippen LogP contribution is 2.32. The van der Waals surface area contributed by atoms with Gasteiger partial charge in [0.25, 0.3) is 10.1 Å². The Bertz CT molecular complexity index is 3080. The van der Waals surface area contributed by atoms with Gasteiger partial charge in [0.2, 0.25) is 10.1 Å². The lowest BCUT2D eigenvalue weighted by atomic mass is 9.91. The maximum absolute atomic E-state index is 12.5. The lowest BCUT2D eigenvalue weighted by Crippen LogP contribution is -2.33. The number of benzene rings is 1. The number of aliphatic hydroxyl groups is 1. The van der Waals surface area contributed by atoms with Crippen molar-refractivity contribution in [1.29, 1.82) is 0 Å². The van der Waals surface area contributed by atoms with Crippen LogP contribution in [-0.4, -0.2) is 102 Å². The number of carboxylic acids is 2. The van der Waals surface area contributed by atoms with Crippen molar-refractivity contribution >= 4 is 83.1 Å². The quantitative estimate of drug-likeness (QED) is 0.0530. The number of allylic oxidation sites excluding steroid dienone is 15. The highest BCUT2D eigenvalue weighted by atomic mass is 32.2. The highest BCUT2D eigenvalue weighted by molar-refractivity contribution is 7.92. The van der Waals surface area contributed by atoms with Crippen LogP contribution in [0.1, 0.15) is 20.7 Å². The molecule has 0 saturated carbocycles. The topological polar surface area (TPSA) is 323 Å². The number of hydrogen-bond donors (Lipinski definition) is 7. The summed E-state index contributed by atoms with van der Waals surface area (Å²) in [7, 11) is -9.14. The minimum atomic E-state index is -5.02. The van der Waals surface area contributed by atoms with Gasteiger partial charge in [0.1, 0.15) is 10.6 Å². The lowest BCUT2D eigenvalue weighted by Gasteiger charge is -2.20.